The number of allylic oxidation sites excluding steroid dienone is 4. The van der Waals surface area contributed by atoms with Crippen molar-refractivity contribution in [1.82, 2.24) is 0 Å². The Balaban J connectivity index is 2.06. The molecule has 0 saturated carbocycles. The molecule has 5 rings (SSSR count). The molecule has 3 heteroatoms. The molecule has 46 heavy (non-hydrogen) atoms. The molecule has 0 fully saturated rings. The standard InChI is InChI=1S/C43H59O2Si/c1-15-22-45-38-32(24-28(44-14)25-34(38)41(7,8)9)36-29-19-18-27(40(4,5)6)23-31(29)35-37(43(36,12)13)30-20-21-42(10,11)26-33(30)39(35)46(16-2)17-3/h15,18-19,23-26,39H,1,16-17,20-22H2,2-14H3. The van der Waals surface area contributed by atoms with Crippen molar-refractivity contribution >= 4 is 19.9 Å². The summed E-state index contributed by atoms with van der Waals surface area (Å²) in [4.78, 5) is 0. The number of hydrogen-bond donors (Lipinski definition) is 0. The molecule has 1 atom stereocenters. The van der Waals surface area contributed by atoms with Crippen LogP contribution in [0.4, 0.5) is 0 Å². The third-order valence-electron chi connectivity index (χ3n) is 10.8. The number of ether oxygens (including phenoxy) is 2. The first-order chi connectivity index (χ1) is 21.4. The van der Waals surface area contributed by atoms with E-state index in [1.807, 2.05) is 6.08 Å². The van der Waals surface area contributed by atoms with Gasteiger partial charge in [0.25, 0.3) is 0 Å². The van der Waals surface area contributed by atoms with E-state index >= 15 is 0 Å². The zero-order valence-electron chi connectivity index (χ0n) is 31.2. The fourth-order valence-corrected chi connectivity index (χ4v) is 11.1. The first-order valence-corrected chi connectivity index (χ1v) is 19.6. The Bertz CT molecular complexity index is 1730. The monoisotopic (exact) mass is 635 g/mol. The number of methoxy groups -OCH3 is 1. The Morgan fingerprint density at radius 3 is 2.15 bits per heavy atom. The number of hydrogen-bond acceptors (Lipinski definition) is 2. The molecular weight excluding hydrogens is 577 g/mol. The summed E-state index contributed by atoms with van der Waals surface area (Å²) in [6.07, 6.45) is 6.89. The zero-order chi connectivity index (χ0) is 34.0. The van der Waals surface area contributed by atoms with Gasteiger partial charge in [-0.1, -0.05) is 132 Å². The van der Waals surface area contributed by atoms with Crippen molar-refractivity contribution in [1.29, 1.82) is 0 Å². The summed E-state index contributed by atoms with van der Waals surface area (Å²) >= 11 is 0. The van der Waals surface area contributed by atoms with E-state index in [-0.39, 0.29) is 21.7 Å². The van der Waals surface area contributed by atoms with Crippen LogP contribution < -0.4 is 19.9 Å². The Hall–Kier alpha value is -2.78. The van der Waals surface area contributed by atoms with Gasteiger partial charge in [-0.15, -0.1) is 0 Å². The first-order valence-electron chi connectivity index (χ1n) is 17.6. The first kappa shape index (κ1) is 34.5. The van der Waals surface area contributed by atoms with Crippen LogP contribution in [-0.2, 0) is 10.8 Å². The highest BCUT2D eigenvalue weighted by molar-refractivity contribution is 6.64. The number of rotatable bonds is 8. The lowest BCUT2D eigenvalue weighted by molar-refractivity contribution is 0.346. The van der Waals surface area contributed by atoms with Gasteiger partial charge in [-0.2, -0.15) is 0 Å². The Morgan fingerprint density at radius 2 is 1.59 bits per heavy atom. The average molecular weight is 636 g/mol. The van der Waals surface area contributed by atoms with Crippen molar-refractivity contribution in [3.8, 4) is 11.5 Å². The minimum absolute atomic E-state index is 0.0506. The molecule has 0 aliphatic heterocycles. The minimum Gasteiger partial charge on any atom is -0.497 e. The van der Waals surface area contributed by atoms with Crippen molar-refractivity contribution in [2.45, 2.75) is 124 Å². The van der Waals surface area contributed by atoms with Crippen LogP contribution in [0.25, 0.3) is 11.1 Å². The fraction of sp³-hybridized carbons (Fsp3) is 0.535. The second-order valence-electron chi connectivity index (χ2n) is 17.1. The van der Waals surface area contributed by atoms with Crippen LogP contribution in [0, 0.1) is 10.8 Å². The second-order valence-corrected chi connectivity index (χ2v) is 20.4. The lowest BCUT2D eigenvalue weighted by Gasteiger charge is -2.39. The van der Waals surface area contributed by atoms with E-state index in [1.54, 1.807) is 29.4 Å². The van der Waals surface area contributed by atoms with Crippen molar-refractivity contribution in [2.75, 3.05) is 13.7 Å². The van der Waals surface area contributed by atoms with Crippen LogP contribution >= 0.6 is 0 Å². The molecule has 0 spiro atoms. The molecule has 0 amide bonds. The lowest BCUT2D eigenvalue weighted by atomic mass is 9.66. The van der Waals surface area contributed by atoms with Gasteiger partial charge in [0, 0.05) is 22.1 Å². The molecule has 0 heterocycles. The molecule has 0 N–H and O–H groups in total. The molecule has 2 aromatic rings. The van der Waals surface area contributed by atoms with Gasteiger partial charge in [0.2, 0.25) is 0 Å². The summed E-state index contributed by atoms with van der Waals surface area (Å²) < 4.78 is 12.7. The second kappa shape index (κ2) is 12.0. The van der Waals surface area contributed by atoms with E-state index < -0.39 is 8.80 Å². The molecule has 2 aromatic carbocycles. The van der Waals surface area contributed by atoms with E-state index in [9.17, 15) is 0 Å². The predicted octanol–water partition coefficient (Wildman–Crippen LogP) is 10.2. The highest BCUT2D eigenvalue weighted by Crippen LogP contribution is 2.62. The van der Waals surface area contributed by atoms with Gasteiger partial charge in [-0.05, 0) is 85.1 Å². The van der Waals surface area contributed by atoms with Gasteiger partial charge in [0.05, 0.1) is 15.9 Å². The summed E-state index contributed by atoms with van der Waals surface area (Å²) in [5.74, 6) is 1.83. The van der Waals surface area contributed by atoms with Gasteiger partial charge in [-0.25, -0.2) is 0 Å². The smallest absolute Gasteiger partial charge is 0.131 e. The van der Waals surface area contributed by atoms with Crippen LogP contribution in [0.2, 0.25) is 17.6 Å². The molecule has 2 nitrogen and oxygen atoms in total. The lowest BCUT2D eigenvalue weighted by Crippen LogP contribution is -2.43. The van der Waals surface area contributed by atoms with E-state index in [2.05, 4.69) is 126 Å². The quantitative estimate of drug-likeness (QED) is 0.212. The Labute approximate surface area is 282 Å². The van der Waals surface area contributed by atoms with Gasteiger partial charge in [0.15, 0.2) is 0 Å². The van der Waals surface area contributed by atoms with Crippen LogP contribution in [0.1, 0.15) is 113 Å². The molecule has 3 aliphatic rings. The summed E-state index contributed by atoms with van der Waals surface area (Å²) in [5.41, 5.74) is 12.0. The van der Waals surface area contributed by atoms with Gasteiger partial charge in [-0.3, -0.25) is 0 Å². The van der Waals surface area contributed by atoms with Crippen molar-refractivity contribution in [3.05, 3.63) is 92.9 Å². The predicted molar refractivity (Wildman–Crippen MR) is 200 cm³/mol. The van der Waals surface area contributed by atoms with E-state index in [1.165, 1.54) is 45.6 Å². The molecule has 1 radical (unpaired) electrons. The maximum absolute atomic E-state index is 6.70. The Morgan fingerprint density at radius 1 is 0.913 bits per heavy atom. The molecule has 0 saturated heterocycles. The molecule has 0 aromatic heterocycles. The fourth-order valence-electron chi connectivity index (χ4n) is 8.40. The van der Waals surface area contributed by atoms with Crippen LogP contribution in [-0.4, -0.2) is 22.5 Å². The molecule has 1 unspecified atom stereocenters. The third-order valence-corrected chi connectivity index (χ3v) is 14.1. The molecule has 0 bridgehead atoms. The maximum atomic E-state index is 6.70. The van der Waals surface area contributed by atoms with E-state index in [4.69, 9.17) is 9.47 Å². The minimum atomic E-state index is -0.677. The molecule has 247 valence electrons. The third kappa shape index (κ3) is 5.80. The van der Waals surface area contributed by atoms with Crippen molar-refractivity contribution < 1.29 is 9.47 Å². The van der Waals surface area contributed by atoms with E-state index in [0.717, 1.165) is 23.5 Å². The highest BCUT2D eigenvalue weighted by Gasteiger charge is 2.49. The summed E-state index contributed by atoms with van der Waals surface area (Å²) in [6.45, 7) is 33.1. The van der Waals surface area contributed by atoms with Gasteiger partial charge < -0.3 is 9.47 Å². The summed E-state index contributed by atoms with van der Waals surface area (Å²) in [6, 6.07) is 14.4. The van der Waals surface area contributed by atoms with Crippen molar-refractivity contribution in [3.63, 3.8) is 0 Å². The highest BCUT2D eigenvalue weighted by atomic mass is 28.3. The van der Waals surface area contributed by atoms with Crippen molar-refractivity contribution in [2.24, 2.45) is 10.8 Å². The van der Waals surface area contributed by atoms with Gasteiger partial charge >= 0.3 is 0 Å². The average Bonchev–Trinajstić information content (AvgIpc) is 3.29. The van der Waals surface area contributed by atoms with Crippen LogP contribution in [0.3, 0.4) is 0 Å². The van der Waals surface area contributed by atoms with Crippen LogP contribution in [0.5, 0.6) is 11.5 Å². The van der Waals surface area contributed by atoms with Crippen LogP contribution in [0.15, 0.2) is 65.8 Å². The molecule has 3 aliphatic carbocycles. The summed E-state index contributed by atoms with van der Waals surface area (Å²) in [7, 11) is 1.11. The number of fused-ring (bicyclic) bond motifs is 3. The zero-order valence-corrected chi connectivity index (χ0v) is 32.2. The SMILES string of the molecule is C=CCOc1c(C2=c3ccc(C(C)(C)C)cc3=C3C(=C4CCC(C)(C)C=C4C3[Si](CC)CC)C2(C)C)cc(OC)cc1C(C)(C)C. The normalized spacial score (nSPS) is 20.3. The van der Waals surface area contributed by atoms with E-state index in [0.29, 0.717) is 12.1 Å². The maximum Gasteiger partial charge on any atom is 0.131 e. The molecular formula is C43H59O2Si. The van der Waals surface area contributed by atoms with Gasteiger partial charge in [0.1, 0.15) is 18.1 Å². The number of benzene rings is 2. The summed E-state index contributed by atoms with van der Waals surface area (Å²) in [5, 5.41) is 2.80. The largest absolute Gasteiger partial charge is 0.497 e. The Kier molecular flexibility index (Phi) is 9.03. The topological polar surface area (TPSA) is 18.5 Å².